The summed E-state index contributed by atoms with van der Waals surface area (Å²) in [4.78, 5) is 1.74. The highest BCUT2D eigenvalue weighted by Crippen LogP contribution is 2.32. The molecule has 0 unspecified atom stereocenters. The molecule has 2 nitrogen and oxygen atoms in total. The van der Waals surface area contributed by atoms with E-state index < -0.39 is 5.83 Å². The Morgan fingerprint density at radius 1 is 1.21 bits per heavy atom. The van der Waals surface area contributed by atoms with E-state index in [9.17, 15) is 9.50 Å². The van der Waals surface area contributed by atoms with E-state index in [1.165, 1.54) is 0 Å². The van der Waals surface area contributed by atoms with Crippen molar-refractivity contribution in [3.05, 3.63) is 77.8 Å². The van der Waals surface area contributed by atoms with Crippen molar-refractivity contribution in [2.24, 2.45) is 0 Å². The fourth-order valence-corrected chi connectivity index (χ4v) is 2.31. The molecule has 0 spiro atoms. The molecule has 0 aliphatic carbocycles. The summed E-state index contributed by atoms with van der Waals surface area (Å²) in [6.07, 6.45) is 5.40. The van der Waals surface area contributed by atoms with Crippen LogP contribution in [0.5, 0.6) is 5.75 Å². The van der Waals surface area contributed by atoms with Crippen LogP contribution >= 0.6 is 0 Å². The average molecular weight is 327 g/mol. The smallest absolute Gasteiger partial charge is 0.125 e. The maximum Gasteiger partial charge on any atom is 0.125 e. The van der Waals surface area contributed by atoms with Gasteiger partial charge in [-0.3, -0.25) is 0 Å². The van der Waals surface area contributed by atoms with E-state index in [1.807, 2.05) is 26.8 Å². The molecule has 24 heavy (non-hydrogen) atoms. The molecule has 0 heterocycles. The van der Waals surface area contributed by atoms with Gasteiger partial charge in [-0.15, -0.1) is 0 Å². The number of halogens is 1. The molecule has 0 aliphatic rings. The van der Waals surface area contributed by atoms with Crippen LogP contribution in [-0.4, -0.2) is 24.1 Å². The normalized spacial score (nSPS) is 11.9. The predicted molar refractivity (Wildman–Crippen MR) is 102 cm³/mol. The summed E-state index contributed by atoms with van der Waals surface area (Å²) in [7, 11) is 3.61. The fraction of sp³-hybridized carbons (Fsp3) is 0.238. The van der Waals surface area contributed by atoms with Crippen LogP contribution in [0.25, 0.3) is 11.1 Å². The highest BCUT2D eigenvalue weighted by molar-refractivity contribution is 5.80. The Morgan fingerprint density at radius 3 is 2.25 bits per heavy atom. The van der Waals surface area contributed by atoms with Crippen LogP contribution in [0, 0.1) is 0 Å². The summed E-state index contributed by atoms with van der Waals surface area (Å²) in [5.74, 6) is -0.439. The minimum absolute atomic E-state index is 0.101. The van der Waals surface area contributed by atoms with Gasteiger partial charge in [0.25, 0.3) is 0 Å². The third-order valence-electron chi connectivity index (χ3n) is 3.58. The molecule has 0 radical (unpaired) electrons. The first-order valence-corrected chi connectivity index (χ1v) is 7.72. The largest absolute Gasteiger partial charge is 0.507 e. The minimum atomic E-state index is -0.540. The first-order chi connectivity index (χ1) is 11.2. The number of nitrogens with zero attached hydrogens (tertiary/aromatic N) is 1. The Morgan fingerprint density at radius 2 is 1.83 bits per heavy atom. The SMILES string of the molecule is C=CC(/C=C(\C)c1ccc(/C(=C/N(C)C)C(=C)F)cc1O)=C(C)C. The van der Waals surface area contributed by atoms with E-state index in [-0.39, 0.29) is 5.75 Å². The van der Waals surface area contributed by atoms with Crippen molar-refractivity contribution in [1.82, 2.24) is 4.90 Å². The van der Waals surface area contributed by atoms with Crippen LogP contribution in [0.2, 0.25) is 0 Å². The molecule has 1 rings (SSSR count). The number of hydrogen-bond acceptors (Lipinski definition) is 2. The van der Waals surface area contributed by atoms with E-state index >= 15 is 0 Å². The monoisotopic (exact) mass is 327 g/mol. The molecule has 0 fully saturated rings. The van der Waals surface area contributed by atoms with Crippen LogP contribution in [-0.2, 0) is 0 Å². The molecule has 3 heteroatoms. The Bertz CT molecular complexity index is 732. The molecular formula is C21H26FNO. The number of allylic oxidation sites excluding steroid dienone is 7. The molecule has 0 saturated carbocycles. The van der Waals surface area contributed by atoms with Crippen LogP contribution in [0.4, 0.5) is 4.39 Å². The summed E-state index contributed by atoms with van der Waals surface area (Å²) in [5, 5.41) is 10.4. The number of phenols is 1. The van der Waals surface area contributed by atoms with Gasteiger partial charge in [0.15, 0.2) is 0 Å². The first kappa shape index (κ1) is 19.5. The highest BCUT2D eigenvalue weighted by Gasteiger charge is 2.11. The fourth-order valence-electron chi connectivity index (χ4n) is 2.31. The Kier molecular flexibility index (Phi) is 6.78. The molecule has 0 amide bonds. The van der Waals surface area contributed by atoms with Gasteiger partial charge in [0.05, 0.1) is 0 Å². The maximum atomic E-state index is 13.7. The third kappa shape index (κ3) is 4.98. The lowest BCUT2D eigenvalue weighted by molar-refractivity contribution is 0.473. The first-order valence-electron chi connectivity index (χ1n) is 7.72. The second-order valence-electron chi connectivity index (χ2n) is 6.13. The third-order valence-corrected chi connectivity index (χ3v) is 3.58. The molecule has 0 aliphatic heterocycles. The molecule has 1 aromatic rings. The summed E-state index contributed by atoms with van der Waals surface area (Å²) in [6.45, 7) is 13.1. The second-order valence-corrected chi connectivity index (χ2v) is 6.13. The minimum Gasteiger partial charge on any atom is -0.507 e. The molecule has 0 saturated heterocycles. The summed E-state index contributed by atoms with van der Waals surface area (Å²) in [6, 6.07) is 5.13. The lowest BCUT2D eigenvalue weighted by Crippen LogP contribution is -2.03. The zero-order valence-corrected chi connectivity index (χ0v) is 15.2. The summed E-state index contributed by atoms with van der Waals surface area (Å²) >= 11 is 0. The zero-order chi connectivity index (χ0) is 18.4. The van der Waals surface area contributed by atoms with Gasteiger partial charge in [0.2, 0.25) is 0 Å². The van der Waals surface area contributed by atoms with Crippen LogP contribution in [0.1, 0.15) is 31.9 Å². The van der Waals surface area contributed by atoms with Gasteiger partial charge >= 0.3 is 0 Å². The molecule has 1 aromatic carbocycles. The van der Waals surface area contributed by atoms with Crippen LogP contribution < -0.4 is 0 Å². The molecule has 0 atom stereocenters. The van der Waals surface area contributed by atoms with E-state index in [0.29, 0.717) is 16.7 Å². The van der Waals surface area contributed by atoms with Gasteiger partial charge in [0, 0.05) is 31.4 Å². The average Bonchev–Trinajstić information content (AvgIpc) is 2.49. The van der Waals surface area contributed by atoms with Crippen LogP contribution in [0.3, 0.4) is 0 Å². The highest BCUT2D eigenvalue weighted by atomic mass is 19.1. The Hall–Kier alpha value is -2.55. The lowest BCUT2D eigenvalue weighted by Gasteiger charge is -2.13. The summed E-state index contributed by atoms with van der Waals surface area (Å²) in [5.41, 5.74) is 4.70. The maximum absolute atomic E-state index is 13.7. The summed E-state index contributed by atoms with van der Waals surface area (Å²) < 4.78 is 13.7. The van der Waals surface area contributed by atoms with Crippen molar-refractivity contribution in [2.45, 2.75) is 20.8 Å². The van der Waals surface area contributed by atoms with E-state index in [1.54, 1.807) is 49.5 Å². The standard InChI is InChI=1S/C21H26FNO/c1-8-17(14(2)3)11-15(4)19-10-9-18(12-21(19)24)20(16(5)22)13-23(6)7/h8-13,24H,1,5H2,2-4,6-7H3/b15-11+,20-13+. The number of aromatic hydroxyl groups is 1. The van der Waals surface area contributed by atoms with E-state index in [0.717, 1.165) is 16.7 Å². The van der Waals surface area contributed by atoms with Crippen molar-refractivity contribution < 1.29 is 9.50 Å². The van der Waals surface area contributed by atoms with Gasteiger partial charge in [-0.2, -0.15) is 0 Å². The topological polar surface area (TPSA) is 23.5 Å². The molecule has 0 aromatic heterocycles. The Balaban J connectivity index is 3.35. The lowest BCUT2D eigenvalue weighted by atomic mass is 9.97. The van der Waals surface area contributed by atoms with Crippen molar-refractivity contribution in [1.29, 1.82) is 0 Å². The van der Waals surface area contributed by atoms with Gasteiger partial charge in [-0.05, 0) is 43.5 Å². The van der Waals surface area contributed by atoms with Crippen molar-refractivity contribution >= 4 is 11.1 Å². The number of benzene rings is 1. The van der Waals surface area contributed by atoms with E-state index in [2.05, 4.69) is 13.2 Å². The molecule has 128 valence electrons. The van der Waals surface area contributed by atoms with Gasteiger partial charge < -0.3 is 10.0 Å². The number of phenolic OH excluding ortho intramolecular Hbond substituents is 1. The van der Waals surface area contributed by atoms with Gasteiger partial charge in [0.1, 0.15) is 11.6 Å². The predicted octanol–water partition coefficient (Wildman–Crippen LogP) is 5.70. The van der Waals surface area contributed by atoms with Crippen molar-refractivity contribution in [2.75, 3.05) is 14.1 Å². The van der Waals surface area contributed by atoms with Gasteiger partial charge in [-0.25, -0.2) is 4.39 Å². The van der Waals surface area contributed by atoms with Gasteiger partial charge in [-0.1, -0.05) is 43.0 Å². The molecular weight excluding hydrogens is 301 g/mol. The van der Waals surface area contributed by atoms with Crippen molar-refractivity contribution in [3.8, 4) is 5.75 Å². The second kappa shape index (κ2) is 8.34. The Labute approximate surface area is 144 Å². The molecule has 1 N–H and O–H groups in total. The van der Waals surface area contributed by atoms with E-state index in [4.69, 9.17) is 0 Å². The number of rotatable bonds is 6. The molecule has 0 bridgehead atoms. The number of hydrogen-bond donors (Lipinski definition) is 1. The van der Waals surface area contributed by atoms with Crippen molar-refractivity contribution in [3.63, 3.8) is 0 Å². The zero-order valence-electron chi connectivity index (χ0n) is 15.2. The van der Waals surface area contributed by atoms with Crippen LogP contribution in [0.15, 0.2) is 66.7 Å². The quantitative estimate of drug-likeness (QED) is 0.677.